The Morgan fingerprint density at radius 3 is 2.91 bits per heavy atom. The number of nitrogens with zero attached hydrogens (tertiary/aromatic N) is 1. The molecule has 2 rings (SSSR count). The lowest BCUT2D eigenvalue weighted by Gasteiger charge is -2.07. The largest absolute Gasteiger partial charge is 0.496 e. The Morgan fingerprint density at radius 2 is 2.23 bits per heavy atom. The van der Waals surface area contributed by atoms with Crippen LogP contribution in [-0.4, -0.2) is 31.1 Å². The molecule has 0 unspecified atom stereocenters. The molecule has 4 N–H and O–H groups in total. The molecule has 0 atom stereocenters. The predicted octanol–water partition coefficient (Wildman–Crippen LogP) is 2.82. The minimum atomic E-state index is 0. The van der Waals surface area contributed by atoms with Crippen LogP contribution in [-0.2, 0) is 6.42 Å². The number of fused-ring (bicyclic) bond motifs is 1. The first-order valence-electron chi connectivity index (χ1n) is 6.93. The van der Waals surface area contributed by atoms with E-state index in [1.807, 2.05) is 31.3 Å². The fourth-order valence-corrected chi connectivity index (χ4v) is 2.19. The van der Waals surface area contributed by atoms with Crippen LogP contribution in [0.3, 0.4) is 0 Å². The van der Waals surface area contributed by atoms with Crippen molar-refractivity contribution in [2.75, 3.05) is 20.2 Å². The van der Waals surface area contributed by atoms with Crippen LogP contribution in [0.15, 0.2) is 41.5 Å². The highest BCUT2D eigenvalue weighted by Crippen LogP contribution is 2.28. The van der Waals surface area contributed by atoms with E-state index in [4.69, 9.17) is 10.5 Å². The summed E-state index contributed by atoms with van der Waals surface area (Å²) in [5.74, 6) is 1.33. The highest BCUT2D eigenvalue weighted by atomic mass is 127. The van der Waals surface area contributed by atoms with E-state index in [0.717, 1.165) is 35.2 Å². The van der Waals surface area contributed by atoms with Crippen LogP contribution in [0.5, 0.6) is 5.75 Å². The number of halogens is 1. The monoisotopic (exact) mass is 414 g/mol. The van der Waals surface area contributed by atoms with Crippen LogP contribution in [0.2, 0.25) is 0 Å². The second-order valence-corrected chi connectivity index (χ2v) is 5.03. The number of ether oxygens (including phenoxy) is 1. The van der Waals surface area contributed by atoms with Crippen molar-refractivity contribution in [2.24, 2.45) is 10.7 Å². The zero-order valence-corrected chi connectivity index (χ0v) is 15.3. The molecule has 0 fully saturated rings. The minimum Gasteiger partial charge on any atom is -0.496 e. The van der Waals surface area contributed by atoms with Crippen molar-refractivity contribution < 1.29 is 4.74 Å². The number of H-pyrrole nitrogens is 1. The molecule has 120 valence electrons. The number of aromatic amines is 1. The van der Waals surface area contributed by atoms with Gasteiger partial charge in [-0.05, 0) is 31.0 Å². The van der Waals surface area contributed by atoms with Crippen LogP contribution >= 0.6 is 24.0 Å². The molecule has 0 saturated carbocycles. The lowest BCUT2D eigenvalue weighted by Crippen LogP contribution is -2.33. The predicted molar refractivity (Wildman–Crippen MR) is 103 cm³/mol. The molecule has 0 aliphatic rings. The van der Waals surface area contributed by atoms with Gasteiger partial charge in [0.25, 0.3) is 0 Å². The van der Waals surface area contributed by atoms with Gasteiger partial charge >= 0.3 is 0 Å². The number of guanidine groups is 1. The molecule has 0 bridgehead atoms. The van der Waals surface area contributed by atoms with Crippen LogP contribution in [0.25, 0.3) is 10.9 Å². The van der Waals surface area contributed by atoms with Crippen LogP contribution < -0.4 is 15.8 Å². The number of nitrogens with two attached hydrogens (primary N) is 1. The molecule has 2 aromatic rings. The maximum Gasteiger partial charge on any atom is 0.188 e. The van der Waals surface area contributed by atoms with Crippen molar-refractivity contribution in [3.8, 4) is 5.75 Å². The van der Waals surface area contributed by atoms with E-state index in [1.165, 1.54) is 5.56 Å². The fourth-order valence-electron chi connectivity index (χ4n) is 2.19. The Labute approximate surface area is 148 Å². The van der Waals surface area contributed by atoms with E-state index < -0.39 is 0 Å². The van der Waals surface area contributed by atoms with Gasteiger partial charge in [0, 0.05) is 23.6 Å². The van der Waals surface area contributed by atoms with Gasteiger partial charge in [0.15, 0.2) is 5.96 Å². The zero-order chi connectivity index (χ0) is 15.2. The molecule has 22 heavy (non-hydrogen) atoms. The minimum absolute atomic E-state index is 0. The van der Waals surface area contributed by atoms with Gasteiger partial charge < -0.3 is 20.8 Å². The summed E-state index contributed by atoms with van der Waals surface area (Å²) < 4.78 is 5.42. The van der Waals surface area contributed by atoms with Crippen LogP contribution in [0, 0.1) is 0 Å². The van der Waals surface area contributed by atoms with Crippen molar-refractivity contribution in [2.45, 2.75) is 13.3 Å². The van der Waals surface area contributed by atoms with E-state index in [9.17, 15) is 0 Å². The highest BCUT2D eigenvalue weighted by molar-refractivity contribution is 14.0. The second kappa shape index (κ2) is 8.67. The van der Waals surface area contributed by atoms with Crippen molar-refractivity contribution in [3.63, 3.8) is 0 Å². The van der Waals surface area contributed by atoms with Gasteiger partial charge in [-0.15, -0.1) is 24.0 Å². The molecule has 0 radical (unpaired) electrons. The van der Waals surface area contributed by atoms with Crippen molar-refractivity contribution in [1.82, 2.24) is 10.3 Å². The van der Waals surface area contributed by atoms with Gasteiger partial charge in [-0.2, -0.15) is 0 Å². The summed E-state index contributed by atoms with van der Waals surface area (Å²) in [4.78, 5) is 7.45. The third kappa shape index (κ3) is 4.66. The van der Waals surface area contributed by atoms with Gasteiger partial charge in [-0.3, -0.25) is 0 Å². The quantitative estimate of drug-likeness (QED) is 0.295. The Hall–Kier alpha value is -1.70. The number of methoxy groups -OCH3 is 1. The molecule has 1 heterocycles. The normalized spacial score (nSPS) is 11.1. The maximum atomic E-state index is 5.80. The van der Waals surface area contributed by atoms with E-state index in [0.29, 0.717) is 12.5 Å². The lowest BCUT2D eigenvalue weighted by atomic mass is 10.1. The Morgan fingerprint density at radius 1 is 1.45 bits per heavy atom. The molecule has 0 saturated heterocycles. The highest BCUT2D eigenvalue weighted by Gasteiger charge is 2.08. The number of nitrogens with one attached hydrogen (secondary N) is 2. The number of hydrogen-bond acceptors (Lipinski definition) is 2. The summed E-state index contributed by atoms with van der Waals surface area (Å²) in [5, 5.41) is 4.23. The van der Waals surface area contributed by atoms with Gasteiger partial charge in [0.1, 0.15) is 5.75 Å². The Balaban J connectivity index is 0.00000242. The molecule has 6 heteroatoms. The van der Waals surface area contributed by atoms with Crippen molar-refractivity contribution in [1.29, 1.82) is 0 Å². The third-order valence-corrected chi connectivity index (χ3v) is 3.19. The number of benzene rings is 1. The third-order valence-electron chi connectivity index (χ3n) is 3.19. The summed E-state index contributed by atoms with van der Waals surface area (Å²) in [7, 11) is 1.69. The first-order valence-corrected chi connectivity index (χ1v) is 6.93. The SMILES string of the molecule is C=C(C)CN=C(N)NCCc1c[nH]c2cccc(OC)c12.I. The van der Waals surface area contributed by atoms with Crippen molar-refractivity contribution in [3.05, 3.63) is 42.1 Å². The lowest BCUT2D eigenvalue weighted by molar-refractivity contribution is 0.419. The average molecular weight is 414 g/mol. The first kappa shape index (κ1) is 18.3. The number of rotatable bonds is 6. The Bertz CT molecular complexity index is 663. The van der Waals surface area contributed by atoms with Gasteiger partial charge in [0.2, 0.25) is 0 Å². The number of aliphatic imine (C=N–C) groups is 1. The van der Waals surface area contributed by atoms with Crippen molar-refractivity contribution >= 4 is 40.8 Å². The van der Waals surface area contributed by atoms with E-state index in [-0.39, 0.29) is 24.0 Å². The molecule has 0 amide bonds. The molecular formula is C16H23IN4O. The number of aromatic nitrogens is 1. The summed E-state index contributed by atoms with van der Waals surface area (Å²) in [5.41, 5.74) is 9.06. The molecule has 1 aromatic carbocycles. The maximum absolute atomic E-state index is 5.80. The molecule has 0 spiro atoms. The zero-order valence-electron chi connectivity index (χ0n) is 13.0. The van der Waals surface area contributed by atoms with E-state index in [2.05, 4.69) is 21.9 Å². The van der Waals surface area contributed by atoms with E-state index in [1.54, 1.807) is 7.11 Å². The van der Waals surface area contributed by atoms with Gasteiger partial charge in [-0.25, -0.2) is 4.99 Å². The average Bonchev–Trinajstić information content (AvgIpc) is 2.88. The fraction of sp³-hybridized carbons (Fsp3) is 0.312. The molecule has 5 nitrogen and oxygen atoms in total. The van der Waals surface area contributed by atoms with Crippen LogP contribution in [0.1, 0.15) is 12.5 Å². The molecule has 0 aliphatic carbocycles. The molecular weight excluding hydrogens is 391 g/mol. The first-order chi connectivity index (χ1) is 10.1. The van der Waals surface area contributed by atoms with Gasteiger partial charge in [0.05, 0.1) is 13.7 Å². The summed E-state index contributed by atoms with van der Waals surface area (Å²) >= 11 is 0. The number of hydrogen-bond donors (Lipinski definition) is 3. The second-order valence-electron chi connectivity index (χ2n) is 5.03. The molecule has 1 aromatic heterocycles. The summed E-state index contributed by atoms with van der Waals surface area (Å²) in [6.45, 7) is 6.99. The smallest absolute Gasteiger partial charge is 0.188 e. The van der Waals surface area contributed by atoms with E-state index >= 15 is 0 Å². The summed E-state index contributed by atoms with van der Waals surface area (Å²) in [6.07, 6.45) is 2.85. The standard InChI is InChI=1S/C16H22N4O.HI/c1-11(2)9-20-16(17)18-8-7-12-10-19-13-5-4-6-14(21-3)15(12)13;/h4-6,10,19H,1,7-9H2,2-3H3,(H3,17,18,20);1H. The summed E-state index contributed by atoms with van der Waals surface area (Å²) in [6, 6.07) is 5.98. The Kier molecular flexibility index (Phi) is 7.23. The van der Waals surface area contributed by atoms with Gasteiger partial charge in [-0.1, -0.05) is 18.2 Å². The van der Waals surface area contributed by atoms with Crippen LogP contribution in [0.4, 0.5) is 0 Å². The molecule has 0 aliphatic heterocycles. The topological polar surface area (TPSA) is 75.4 Å².